The number of carbonyl (C=O) groups excluding carboxylic acids is 1. The van der Waals surface area contributed by atoms with E-state index in [0.717, 1.165) is 22.3 Å². The summed E-state index contributed by atoms with van der Waals surface area (Å²) >= 11 is 0. The van der Waals surface area contributed by atoms with Gasteiger partial charge in [0.1, 0.15) is 11.2 Å². The standard InChI is InChI=1S/C18H19N3O2/c1-12-11-14-13(15-7-5-6-9-19-15)8-10-20-16(14)21(12)17(22)23-18(2,3)4/h5-11H,1-4H3. The molecule has 3 aromatic rings. The van der Waals surface area contributed by atoms with Gasteiger partial charge >= 0.3 is 6.09 Å². The number of fused-ring (bicyclic) bond motifs is 1. The van der Waals surface area contributed by atoms with Crippen molar-refractivity contribution < 1.29 is 9.53 Å². The van der Waals surface area contributed by atoms with Crippen LogP contribution < -0.4 is 0 Å². The fourth-order valence-corrected chi connectivity index (χ4v) is 2.51. The number of aryl methyl sites for hydroxylation is 1. The number of aromatic nitrogens is 3. The van der Waals surface area contributed by atoms with E-state index in [1.54, 1.807) is 12.4 Å². The summed E-state index contributed by atoms with van der Waals surface area (Å²) in [6.07, 6.45) is 3.02. The van der Waals surface area contributed by atoms with Crippen molar-refractivity contribution in [1.29, 1.82) is 0 Å². The lowest BCUT2D eigenvalue weighted by molar-refractivity contribution is 0.0541. The first kappa shape index (κ1) is 15.2. The summed E-state index contributed by atoms with van der Waals surface area (Å²) in [7, 11) is 0. The molecule has 0 saturated carbocycles. The molecular weight excluding hydrogens is 290 g/mol. The van der Waals surface area contributed by atoms with Crippen molar-refractivity contribution in [3.05, 3.63) is 48.4 Å². The van der Waals surface area contributed by atoms with Crippen molar-refractivity contribution in [3.63, 3.8) is 0 Å². The van der Waals surface area contributed by atoms with Crippen LogP contribution in [0.2, 0.25) is 0 Å². The van der Waals surface area contributed by atoms with E-state index >= 15 is 0 Å². The quantitative estimate of drug-likeness (QED) is 0.676. The van der Waals surface area contributed by atoms with Crippen LogP contribution in [-0.2, 0) is 4.74 Å². The number of pyridine rings is 2. The molecule has 0 saturated heterocycles. The van der Waals surface area contributed by atoms with Crippen molar-refractivity contribution in [2.45, 2.75) is 33.3 Å². The molecule has 0 bridgehead atoms. The van der Waals surface area contributed by atoms with E-state index in [-0.39, 0.29) is 0 Å². The summed E-state index contributed by atoms with van der Waals surface area (Å²) in [5, 5.41) is 0.884. The number of rotatable bonds is 1. The highest BCUT2D eigenvalue weighted by atomic mass is 16.6. The average Bonchev–Trinajstić information content (AvgIpc) is 2.82. The largest absolute Gasteiger partial charge is 0.443 e. The molecule has 0 atom stereocenters. The van der Waals surface area contributed by atoms with Gasteiger partial charge in [-0.2, -0.15) is 0 Å². The van der Waals surface area contributed by atoms with Crippen LogP contribution in [0, 0.1) is 6.92 Å². The van der Waals surface area contributed by atoms with Crippen LogP contribution in [0.25, 0.3) is 22.3 Å². The van der Waals surface area contributed by atoms with Crippen molar-refractivity contribution in [2.75, 3.05) is 0 Å². The Bertz CT molecular complexity index is 861. The second-order valence-electron chi connectivity index (χ2n) is 6.41. The summed E-state index contributed by atoms with van der Waals surface area (Å²) in [5.41, 5.74) is 2.60. The number of nitrogens with zero attached hydrogens (tertiary/aromatic N) is 3. The zero-order valence-corrected chi connectivity index (χ0v) is 13.7. The van der Waals surface area contributed by atoms with Crippen LogP contribution in [0.5, 0.6) is 0 Å². The molecule has 3 rings (SSSR count). The molecule has 118 valence electrons. The first-order valence-electron chi connectivity index (χ1n) is 7.48. The molecule has 23 heavy (non-hydrogen) atoms. The summed E-state index contributed by atoms with van der Waals surface area (Å²) in [6.45, 7) is 7.41. The third-order valence-electron chi connectivity index (χ3n) is 3.40. The van der Waals surface area contributed by atoms with E-state index in [2.05, 4.69) is 9.97 Å². The van der Waals surface area contributed by atoms with E-state index in [4.69, 9.17) is 4.74 Å². The Kier molecular flexibility index (Phi) is 3.64. The Labute approximate surface area is 134 Å². The number of hydrogen-bond donors (Lipinski definition) is 0. The van der Waals surface area contributed by atoms with E-state index in [1.807, 2.05) is 58.0 Å². The van der Waals surface area contributed by atoms with Gasteiger partial charge in [-0.25, -0.2) is 14.3 Å². The SMILES string of the molecule is Cc1cc2c(-c3ccccn3)ccnc2n1C(=O)OC(C)(C)C. The van der Waals surface area contributed by atoms with E-state index in [9.17, 15) is 4.79 Å². The van der Waals surface area contributed by atoms with E-state index in [1.165, 1.54) is 4.57 Å². The predicted octanol–water partition coefficient (Wildman–Crippen LogP) is 4.19. The third-order valence-corrected chi connectivity index (χ3v) is 3.40. The monoisotopic (exact) mass is 309 g/mol. The van der Waals surface area contributed by atoms with Gasteiger partial charge < -0.3 is 4.74 Å². The second kappa shape index (κ2) is 5.50. The third kappa shape index (κ3) is 2.95. The van der Waals surface area contributed by atoms with Crippen molar-refractivity contribution in [2.24, 2.45) is 0 Å². The summed E-state index contributed by atoms with van der Waals surface area (Å²) in [4.78, 5) is 21.3. The van der Waals surface area contributed by atoms with Crippen LogP contribution in [0.3, 0.4) is 0 Å². The lowest BCUT2D eigenvalue weighted by Gasteiger charge is -2.20. The van der Waals surface area contributed by atoms with Crippen LogP contribution in [0.1, 0.15) is 26.5 Å². The molecule has 0 radical (unpaired) electrons. The minimum Gasteiger partial charge on any atom is -0.443 e. The van der Waals surface area contributed by atoms with Crippen molar-refractivity contribution >= 4 is 17.1 Å². The molecule has 0 aromatic carbocycles. The fraction of sp³-hybridized carbons (Fsp3) is 0.278. The van der Waals surface area contributed by atoms with Crippen LogP contribution >= 0.6 is 0 Å². The molecule has 0 N–H and O–H groups in total. The molecule has 5 heteroatoms. The van der Waals surface area contributed by atoms with Crippen LogP contribution in [0.15, 0.2) is 42.7 Å². The second-order valence-corrected chi connectivity index (χ2v) is 6.41. The molecular formula is C18H19N3O2. The Morgan fingerprint density at radius 3 is 2.57 bits per heavy atom. The van der Waals surface area contributed by atoms with Gasteiger partial charge in [-0.05, 0) is 52.0 Å². The fourth-order valence-electron chi connectivity index (χ4n) is 2.51. The molecule has 0 spiro atoms. The Morgan fingerprint density at radius 2 is 1.91 bits per heavy atom. The molecule has 0 amide bonds. The maximum atomic E-state index is 12.5. The first-order chi connectivity index (χ1) is 10.9. The first-order valence-corrected chi connectivity index (χ1v) is 7.48. The number of ether oxygens (including phenoxy) is 1. The van der Waals surface area contributed by atoms with Crippen molar-refractivity contribution in [3.8, 4) is 11.3 Å². The highest BCUT2D eigenvalue weighted by Gasteiger charge is 2.22. The lowest BCUT2D eigenvalue weighted by atomic mass is 10.1. The Morgan fingerprint density at radius 1 is 1.13 bits per heavy atom. The number of carbonyl (C=O) groups is 1. The van der Waals surface area contributed by atoms with Crippen LogP contribution in [0.4, 0.5) is 4.79 Å². The molecule has 5 nitrogen and oxygen atoms in total. The van der Waals surface area contributed by atoms with Gasteiger partial charge in [-0.3, -0.25) is 4.98 Å². The molecule has 0 aliphatic rings. The van der Waals surface area contributed by atoms with E-state index < -0.39 is 11.7 Å². The summed E-state index contributed by atoms with van der Waals surface area (Å²) in [6, 6.07) is 9.60. The predicted molar refractivity (Wildman–Crippen MR) is 89.3 cm³/mol. The zero-order valence-electron chi connectivity index (χ0n) is 13.7. The smallest absolute Gasteiger partial charge is 0.420 e. The highest BCUT2D eigenvalue weighted by Crippen LogP contribution is 2.28. The molecule has 3 aromatic heterocycles. The number of hydrogen-bond acceptors (Lipinski definition) is 4. The van der Waals surface area contributed by atoms with Crippen LogP contribution in [-0.4, -0.2) is 26.2 Å². The maximum Gasteiger partial charge on any atom is 0.420 e. The zero-order chi connectivity index (χ0) is 16.6. The van der Waals surface area contributed by atoms with Gasteiger partial charge in [0.15, 0.2) is 0 Å². The normalized spacial score (nSPS) is 11.7. The molecule has 0 aliphatic carbocycles. The minimum absolute atomic E-state index is 0.421. The highest BCUT2D eigenvalue weighted by molar-refractivity contribution is 5.97. The van der Waals surface area contributed by atoms with Gasteiger partial charge in [-0.1, -0.05) is 6.07 Å². The van der Waals surface area contributed by atoms with Gasteiger partial charge in [0.05, 0.1) is 5.69 Å². The van der Waals surface area contributed by atoms with Gasteiger partial charge in [-0.15, -0.1) is 0 Å². The molecule has 0 aliphatic heterocycles. The average molecular weight is 309 g/mol. The van der Waals surface area contributed by atoms with Crippen molar-refractivity contribution in [1.82, 2.24) is 14.5 Å². The van der Waals surface area contributed by atoms with Gasteiger partial charge in [0.2, 0.25) is 0 Å². The Hall–Kier alpha value is -2.69. The molecule has 0 unspecified atom stereocenters. The lowest BCUT2D eigenvalue weighted by Crippen LogP contribution is -2.27. The maximum absolute atomic E-state index is 12.5. The Balaban J connectivity index is 2.16. The molecule has 3 heterocycles. The minimum atomic E-state index is -0.557. The summed E-state index contributed by atoms with van der Waals surface area (Å²) in [5.74, 6) is 0. The topological polar surface area (TPSA) is 57.0 Å². The summed E-state index contributed by atoms with van der Waals surface area (Å²) < 4.78 is 6.99. The van der Waals surface area contributed by atoms with Gasteiger partial charge in [0.25, 0.3) is 0 Å². The molecule has 0 fully saturated rings. The van der Waals surface area contributed by atoms with Gasteiger partial charge in [0, 0.05) is 29.0 Å². The van der Waals surface area contributed by atoms with E-state index in [0.29, 0.717) is 5.65 Å².